The predicted octanol–water partition coefficient (Wildman–Crippen LogP) is 3.54. The number of aryl methyl sites for hydroxylation is 2. The van der Waals surface area contributed by atoms with Gasteiger partial charge in [0, 0.05) is 37.4 Å². The smallest absolute Gasteiger partial charge is 0.305 e. The Morgan fingerprint density at radius 2 is 2.03 bits per heavy atom. The maximum atomic E-state index is 13.3. The molecule has 3 aliphatic heterocycles. The van der Waals surface area contributed by atoms with Gasteiger partial charge in [-0.2, -0.15) is 0 Å². The number of piperidine rings is 1. The summed E-state index contributed by atoms with van der Waals surface area (Å²) in [6.07, 6.45) is 6.99. The van der Waals surface area contributed by atoms with E-state index in [9.17, 15) is 19.5 Å². The molecule has 0 bridgehead atoms. The van der Waals surface area contributed by atoms with Crippen molar-refractivity contribution in [1.29, 1.82) is 0 Å². The number of aliphatic carboxylic acids is 1. The molecule has 3 N–H and O–H groups in total. The largest absolute Gasteiger partial charge is 0.481 e. The molecule has 4 heterocycles. The number of amides is 2. The number of carbonyl (C=O) groups is 3. The van der Waals surface area contributed by atoms with Gasteiger partial charge >= 0.3 is 5.97 Å². The number of carbonyl (C=O) groups excluding carboxylic acids is 2. The number of anilines is 2. The van der Waals surface area contributed by atoms with E-state index in [1.807, 2.05) is 24.3 Å². The van der Waals surface area contributed by atoms with E-state index in [-0.39, 0.29) is 24.2 Å². The van der Waals surface area contributed by atoms with Gasteiger partial charge < -0.3 is 25.5 Å². The van der Waals surface area contributed by atoms with Crippen LogP contribution in [0.5, 0.6) is 0 Å². The number of hydrogen-bond donors (Lipinski definition) is 3. The fraction of sp³-hybridized carbons (Fsp3) is 0.533. The number of nitrogens with zero attached hydrogens (tertiary/aromatic N) is 3. The minimum absolute atomic E-state index is 0.0762. The molecule has 0 unspecified atom stereocenters. The lowest BCUT2D eigenvalue weighted by atomic mass is 9.95. The molecule has 0 saturated carbocycles. The molecule has 208 valence electrons. The molecule has 5 rings (SSSR count). The van der Waals surface area contributed by atoms with Crippen LogP contribution in [-0.2, 0) is 27.2 Å². The summed E-state index contributed by atoms with van der Waals surface area (Å²) in [5.74, 6) is -0.144. The first-order valence-electron chi connectivity index (χ1n) is 14.3. The second-order valence-corrected chi connectivity index (χ2v) is 11.0. The summed E-state index contributed by atoms with van der Waals surface area (Å²) >= 11 is 0. The third-order valence-corrected chi connectivity index (χ3v) is 8.09. The van der Waals surface area contributed by atoms with Crippen molar-refractivity contribution >= 4 is 29.3 Å². The molecule has 1 aromatic carbocycles. The second-order valence-electron chi connectivity index (χ2n) is 11.0. The van der Waals surface area contributed by atoms with E-state index in [1.165, 1.54) is 5.56 Å². The van der Waals surface area contributed by atoms with Crippen molar-refractivity contribution in [2.45, 2.75) is 63.8 Å². The summed E-state index contributed by atoms with van der Waals surface area (Å²) in [5, 5.41) is 16.0. The lowest BCUT2D eigenvalue weighted by Crippen LogP contribution is -2.44. The molecule has 1 aromatic heterocycles. The minimum atomic E-state index is -0.973. The summed E-state index contributed by atoms with van der Waals surface area (Å²) in [7, 11) is 0. The first kappa shape index (κ1) is 27.1. The van der Waals surface area contributed by atoms with Crippen LogP contribution >= 0.6 is 0 Å². The van der Waals surface area contributed by atoms with E-state index in [0.717, 1.165) is 81.8 Å². The topological polar surface area (TPSA) is 115 Å². The molecular weight excluding hydrogens is 494 g/mol. The molecule has 9 heteroatoms. The first-order valence-corrected chi connectivity index (χ1v) is 14.3. The number of benzene rings is 1. The number of hydrogen-bond acceptors (Lipinski definition) is 6. The zero-order valence-electron chi connectivity index (χ0n) is 22.5. The number of fused-ring (bicyclic) bond motifs is 1. The van der Waals surface area contributed by atoms with Crippen molar-refractivity contribution < 1.29 is 19.5 Å². The van der Waals surface area contributed by atoms with Crippen LogP contribution < -0.4 is 15.5 Å². The van der Waals surface area contributed by atoms with Crippen LogP contribution in [0.1, 0.15) is 67.8 Å². The second kappa shape index (κ2) is 12.6. The fourth-order valence-corrected chi connectivity index (χ4v) is 6.01. The fourth-order valence-electron chi connectivity index (χ4n) is 6.01. The van der Waals surface area contributed by atoms with Crippen LogP contribution in [0.2, 0.25) is 0 Å². The van der Waals surface area contributed by atoms with E-state index in [0.29, 0.717) is 25.1 Å². The van der Waals surface area contributed by atoms with Gasteiger partial charge in [-0.15, -0.1) is 0 Å². The number of likely N-dealkylation sites (tertiary alicyclic amines) is 1. The Hall–Kier alpha value is -3.46. The molecule has 0 spiro atoms. The van der Waals surface area contributed by atoms with Crippen LogP contribution in [0.3, 0.4) is 0 Å². The molecule has 9 nitrogen and oxygen atoms in total. The third kappa shape index (κ3) is 6.95. The van der Waals surface area contributed by atoms with Crippen molar-refractivity contribution in [2.75, 3.05) is 42.9 Å². The summed E-state index contributed by atoms with van der Waals surface area (Å²) in [6, 6.07) is 11.0. The van der Waals surface area contributed by atoms with Gasteiger partial charge in [0.25, 0.3) is 0 Å². The highest BCUT2D eigenvalue weighted by Gasteiger charge is 2.29. The SMILES string of the molecule is O=C(O)C[C@H](NC(=O)[C@@H]1CCCN(CCCc2ccc3c(n2)NCCC3)C1)c1cccc(N2CCCC2=O)c1. The van der Waals surface area contributed by atoms with Gasteiger partial charge in [0.05, 0.1) is 18.4 Å². The average Bonchev–Trinajstić information content (AvgIpc) is 3.38. The number of rotatable bonds is 10. The van der Waals surface area contributed by atoms with Crippen molar-refractivity contribution in [3.05, 3.63) is 53.2 Å². The van der Waals surface area contributed by atoms with Crippen LogP contribution in [0.15, 0.2) is 36.4 Å². The van der Waals surface area contributed by atoms with E-state index in [2.05, 4.69) is 27.7 Å². The summed E-state index contributed by atoms with van der Waals surface area (Å²) < 4.78 is 0. The Balaban J connectivity index is 1.16. The van der Waals surface area contributed by atoms with Gasteiger partial charge in [0.2, 0.25) is 11.8 Å². The molecule has 2 amide bonds. The Labute approximate surface area is 230 Å². The highest BCUT2D eigenvalue weighted by atomic mass is 16.4. The highest BCUT2D eigenvalue weighted by Crippen LogP contribution is 2.27. The molecule has 0 radical (unpaired) electrons. The monoisotopic (exact) mass is 533 g/mol. The lowest BCUT2D eigenvalue weighted by molar-refractivity contribution is -0.138. The summed E-state index contributed by atoms with van der Waals surface area (Å²) in [5.41, 5.74) is 3.87. The normalized spacial score (nSPS) is 20.3. The molecule has 2 atom stereocenters. The van der Waals surface area contributed by atoms with Crippen LogP contribution in [0.4, 0.5) is 11.5 Å². The highest BCUT2D eigenvalue weighted by molar-refractivity contribution is 5.95. The molecule has 0 aliphatic carbocycles. The number of pyridine rings is 1. The van der Waals surface area contributed by atoms with Gasteiger partial charge in [-0.1, -0.05) is 18.2 Å². The van der Waals surface area contributed by atoms with Crippen molar-refractivity contribution in [3.8, 4) is 0 Å². The van der Waals surface area contributed by atoms with E-state index in [1.54, 1.807) is 4.90 Å². The van der Waals surface area contributed by atoms with E-state index >= 15 is 0 Å². The van der Waals surface area contributed by atoms with Gasteiger partial charge in [-0.3, -0.25) is 14.4 Å². The molecule has 2 fully saturated rings. The number of aromatic nitrogens is 1. The third-order valence-electron chi connectivity index (χ3n) is 8.09. The van der Waals surface area contributed by atoms with Crippen LogP contribution in [0.25, 0.3) is 0 Å². The first-order chi connectivity index (χ1) is 19.0. The molecule has 39 heavy (non-hydrogen) atoms. The van der Waals surface area contributed by atoms with Crippen molar-refractivity contribution in [1.82, 2.24) is 15.2 Å². The summed E-state index contributed by atoms with van der Waals surface area (Å²) in [6.45, 7) is 4.19. The number of nitrogens with one attached hydrogen (secondary N) is 2. The van der Waals surface area contributed by atoms with Gasteiger partial charge in [0.15, 0.2) is 0 Å². The minimum Gasteiger partial charge on any atom is -0.481 e. The Kier molecular flexibility index (Phi) is 8.76. The molecule has 2 saturated heterocycles. The predicted molar refractivity (Wildman–Crippen MR) is 150 cm³/mol. The number of carboxylic acids is 1. The Bertz CT molecular complexity index is 1200. The van der Waals surface area contributed by atoms with E-state index < -0.39 is 12.0 Å². The molecule has 2 aromatic rings. The molecule has 3 aliphatic rings. The number of carboxylic acid groups (broad SMARTS) is 1. The lowest BCUT2D eigenvalue weighted by Gasteiger charge is -2.33. The van der Waals surface area contributed by atoms with E-state index in [4.69, 9.17) is 4.98 Å². The maximum absolute atomic E-state index is 13.3. The van der Waals surface area contributed by atoms with Crippen LogP contribution in [0, 0.1) is 5.92 Å². The quantitative estimate of drug-likeness (QED) is 0.428. The standard InChI is InChI=1S/C30H39N5O4/c36-27-11-5-17-35(27)25-10-1-6-22(18-25)26(19-28(37)38)33-30(39)23-8-3-15-34(20-23)16-4-9-24-13-12-21-7-2-14-31-29(21)32-24/h1,6,10,12-13,18,23,26H,2-5,7-9,11,14-17,19-20H2,(H,31,32)(H,33,39)(H,37,38)/t23-,26+/m1/s1. The Morgan fingerprint density at radius 1 is 1.13 bits per heavy atom. The van der Waals surface area contributed by atoms with Crippen molar-refractivity contribution in [2.24, 2.45) is 5.92 Å². The van der Waals surface area contributed by atoms with Gasteiger partial charge in [-0.05, 0) is 87.4 Å². The van der Waals surface area contributed by atoms with Crippen molar-refractivity contribution in [3.63, 3.8) is 0 Å². The van der Waals surface area contributed by atoms with Gasteiger partial charge in [0.1, 0.15) is 5.82 Å². The zero-order valence-corrected chi connectivity index (χ0v) is 22.5. The maximum Gasteiger partial charge on any atom is 0.305 e. The average molecular weight is 534 g/mol. The van der Waals surface area contributed by atoms with Gasteiger partial charge in [-0.25, -0.2) is 4.98 Å². The summed E-state index contributed by atoms with van der Waals surface area (Å²) in [4.78, 5) is 46.1. The zero-order chi connectivity index (χ0) is 27.2. The Morgan fingerprint density at radius 3 is 2.85 bits per heavy atom. The molecular formula is C30H39N5O4. The van der Waals surface area contributed by atoms with Crippen LogP contribution in [-0.4, -0.2) is 65.5 Å².